The van der Waals surface area contributed by atoms with E-state index in [9.17, 15) is 4.79 Å². The van der Waals surface area contributed by atoms with Gasteiger partial charge in [-0.05, 0) is 32.0 Å². The Labute approximate surface area is 126 Å². The molecule has 0 aromatic carbocycles. The molecule has 0 spiro atoms. The zero-order valence-electron chi connectivity index (χ0n) is 12.4. The first kappa shape index (κ1) is 14.1. The SMILES string of the molecule is CCn1cc(-c2ccn(Cc3ccc(C(=O)O)o3)n2)c(C)n1. The number of hydrogen-bond acceptors (Lipinski definition) is 4. The third kappa shape index (κ3) is 2.65. The van der Waals surface area contributed by atoms with E-state index in [2.05, 4.69) is 10.2 Å². The van der Waals surface area contributed by atoms with Gasteiger partial charge in [0.15, 0.2) is 0 Å². The summed E-state index contributed by atoms with van der Waals surface area (Å²) in [4.78, 5) is 10.8. The normalized spacial score (nSPS) is 11.0. The molecule has 0 amide bonds. The number of carboxylic acid groups (broad SMARTS) is 1. The minimum atomic E-state index is -1.07. The van der Waals surface area contributed by atoms with E-state index >= 15 is 0 Å². The Hall–Kier alpha value is -2.83. The average molecular weight is 300 g/mol. The van der Waals surface area contributed by atoms with Gasteiger partial charge >= 0.3 is 5.97 Å². The molecule has 3 heterocycles. The first-order valence-corrected chi connectivity index (χ1v) is 6.96. The minimum absolute atomic E-state index is 0.0672. The van der Waals surface area contributed by atoms with Crippen LogP contribution in [0, 0.1) is 6.92 Å². The van der Waals surface area contributed by atoms with Gasteiger partial charge in [0, 0.05) is 24.5 Å². The van der Waals surface area contributed by atoms with Gasteiger partial charge in [0.25, 0.3) is 0 Å². The van der Waals surface area contributed by atoms with Crippen LogP contribution in [0.5, 0.6) is 0 Å². The molecule has 0 unspecified atom stereocenters. The molecule has 0 fully saturated rings. The maximum atomic E-state index is 10.8. The van der Waals surface area contributed by atoms with Crippen LogP contribution in [0.4, 0.5) is 0 Å². The number of carboxylic acids is 1. The number of aryl methyl sites for hydroxylation is 2. The molecule has 3 aromatic heterocycles. The summed E-state index contributed by atoms with van der Waals surface area (Å²) < 4.78 is 8.81. The van der Waals surface area contributed by atoms with Crippen molar-refractivity contribution in [2.24, 2.45) is 0 Å². The van der Waals surface area contributed by atoms with Crippen molar-refractivity contribution in [3.8, 4) is 11.3 Å². The largest absolute Gasteiger partial charge is 0.475 e. The van der Waals surface area contributed by atoms with Crippen molar-refractivity contribution in [1.82, 2.24) is 19.6 Å². The highest BCUT2D eigenvalue weighted by Gasteiger charge is 2.12. The molecule has 22 heavy (non-hydrogen) atoms. The van der Waals surface area contributed by atoms with Crippen LogP contribution in [0.15, 0.2) is 35.0 Å². The van der Waals surface area contributed by atoms with E-state index in [1.54, 1.807) is 10.7 Å². The molecule has 0 aliphatic heterocycles. The third-order valence-electron chi connectivity index (χ3n) is 3.38. The van der Waals surface area contributed by atoms with Gasteiger partial charge in [-0.25, -0.2) is 4.79 Å². The first-order chi connectivity index (χ1) is 10.6. The Balaban J connectivity index is 1.80. The molecule has 114 valence electrons. The van der Waals surface area contributed by atoms with Gasteiger partial charge in [-0.15, -0.1) is 0 Å². The van der Waals surface area contributed by atoms with Gasteiger partial charge in [0.1, 0.15) is 5.76 Å². The highest BCUT2D eigenvalue weighted by molar-refractivity contribution is 5.84. The molecule has 0 radical (unpaired) electrons. The molecule has 3 aromatic rings. The summed E-state index contributed by atoms with van der Waals surface area (Å²) in [6.07, 6.45) is 3.80. The third-order valence-corrected chi connectivity index (χ3v) is 3.38. The van der Waals surface area contributed by atoms with E-state index in [4.69, 9.17) is 9.52 Å². The first-order valence-electron chi connectivity index (χ1n) is 6.96. The number of aromatic carboxylic acids is 1. The molecule has 0 saturated heterocycles. The van der Waals surface area contributed by atoms with Crippen molar-refractivity contribution in [2.45, 2.75) is 26.9 Å². The summed E-state index contributed by atoms with van der Waals surface area (Å²) in [5, 5.41) is 17.7. The molecule has 7 heteroatoms. The molecule has 7 nitrogen and oxygen atoms in total. The lowest BCUT2D eigenvalue weighted by molar-refractivity contribution is 0.0660. The Morgan fingerprint density at radius 2 is 2.09 bits per heavy atom. The van der Waals surface area contributed by atoms with Gasteiger partial charge in [-0.3, -0.25) is 9.36 Å². The van der Waals surface area contributed by atoms with Gasteiger partial charge in [-0.1, -0.05) is 0 Å². The maximum absolute atomic E-state index is 10.8. The van der Waals surface area contributed by atoms with Crippen LogP contribution in [0.25, 0.3) is 11.3 Å². The van der Waals surface area contributed by atoms with Gasteiger partial charge in [0.05, 0.1) is 17.9 Å². The highest BCUT2D eigenvalue weighted by atomic mass is 16.4. The van der Waals surface area contributed by atoms with E-state index in [0.717, 1.165) is 23.5 Å². The smallest absolute Gasteiger partial charge is 0.371 e. The molecule has 3 rings (SSSR count). The van der Waals surface area contributed by atoms with E-state index in [-0.39, 0.29) is 5.76 Å². The zero-order chi connectivity index (χ0) is 15.7. The minimum Gasteiger partial charge on any atom is -0.475 e. The lowest BCUT2D eigenvalue weighted by Crippen LogP contribution is -1.99. The van der Waals surface area contributed by atoms with Gasteiger partial charge < -0.3 is 9.52 Å². The molecule has 0 atom stereocenters. The Morgan fingerprint density at radius 1 is 1.27 bits per heavy atom. The fourth-order valence-corrected chi connectivity index (χ4v) is 2.26. The summed E-state index contributed by atoms with van der Waals surface area (Å²) in [6.45, 7) is 5.18. The number of nitrogens with zero attached hydrogens (tertiary/aromatic N) is 4. The quantitative estimate of drug-likeness (QED) is 0.782. The van der Waals surface area contributed by atoms with Crippen LogP contribution in [0.3, 0.4) is 0 Å². The number of rotatable bonds is 5. The second kappa shape index (κ2) is 5.51. The molecule has 1 N–H and O–H groups in total. The van der Waals surface area contributed by atoms with Crippen molar-refractivity contribution < 1.29 is 14.3 Å². The molecule has 0 aliphatic carbocycles. The summed E-state index contributed by atoms with van der Waals surface area (Å²) in [6, 6.07) is 4.99. The standard InChI is InChI=1S/C15H16N4O3/c1-3-18-9-12(10(2)16-18)13-6-7-19(17-13)8-11-4-5-14(22-11)15(20)21/h4-7,9H,3,8H2,1-2H3,(H,20,21). The lowest BCUT2D eigenvalue weighted by atomic mass is 10.2. The summed E-state index contributed by atoms with van der Waals surface area (Å²) in [7, 11) is 0. The molecule has 0 aliphatic rings. The fraction of sp³-hybridized carbons (Fsp3) is 0.267. The lowest BCUT2D eigenvalue weighted by Gasteiger charge is -1.98. The molecule has 0 saturated carbocycles. The number of aromatic nitrogens is 4. The van der Waals surface area contributed by atoms with Crippen molar-refractivity contribution in [3.63, 3.8) is 0 Å². The average Bonchev–Trinajstić information content (AvgIpc) is 3.18. The van der Waals surface area contributed by atoms with Crippen LogP contribution in [-0.2, 0) is 13.1 Å². The monoisotopic (exact) mass is 300 g/mol. The number of furan rings is 1. The van der Waals surface area contributed by atoms with E-state index in [1.807, 2.05) is 37.0 Å². The van der Waals surface area contributed by atoms with Crippen molar-refractivity contribution in [1.29, 1.82) is 0 Å². The van der Waals surface area contributed by atoms with Crippen molar-refractivity contribution >= 4 is 5.97 Å². The fourth-order valence-electron chi connectivity index (χ4n) is 2.26. The van der Waals surface area contributed by atoms with Crippen LogP contribution >= 0.6 is 0 Å². The summed E-state index contributed by atoms with van der Waals surface area (Å²) in [5.74, 6) is -0.592. The Kier molecular flexibility index (Phi) is 3.54. The Bertz CT molecular complexity index is 812. The number of carbonyl (C=O) groups is 1. The van der Waals surface area contributed by atoms with Gasteiger partial charge in [-0.2, -0.15) is 10.2 Å². The van der Waals surface area contributed by atoms with Gasteiger partial charge in [0.2, 0.25) is 5.76 Å². The molecule has 0 bridgehead atoms. The molecular weight excluding hydrogens is 284 g/mol. The Morgan fingerprint density at radius 3 is 2.73 bits per heavy atom. The van der Waals surface area contributed by atoms with Crippen LogP contribution in [0.1, 0.15) is 28.9 Å². The zero-order valence-corrected chi connectivity index (χ0v) is 12.4. The predicted octanol–water partition coefficient (Wildman–Crippen LogP) is 2.41. The second-order valence-corrected chi connectivity index (χ2v) is 4.95. The second-order valence-electron chi connectivity index (χ2n) is 4.95. The van der Waals surface area contributed by atoms with Crippen LogP contribution in [-0.4, -0.2) is 30.6 Å². The topological polar surface area (TPSA) is 86.1 Å². The van der Waals surface area contributed by atoms with Crippen LogP contribution in [0.2, 0.25) is 0 Å². The van der Waals surface area contributed by atoms with Crippen molar-refractivity contribution in [2.75, 3.05) is 0 Å². The highest BCUT2D eigenvalue weighted by Crippen LogP contribution is 2.21. The summed E-state index contributed by atoms with van der Waals surface area (Å²) >= 11 is 0. The molecular formula is C15H16N4O3. The van der Waals surface area contributed by atoms with E-state index in [0.29, 0.717) is 12.3 Å². The maximum Gasteiger partial charge on any atom is 0.371 e. The van der Waals surface area contributed by atoms with E-state index < -0.39 is 5.97 Å². The number of hydrogen-bond donors (Lipinski definition) is 1. The van der Waals surface area contributed by atoms with Crippen LogP contribution < -0.4 is 0 Å². The predicted molar refractivity (Wildman–Crippen MR) is 78.6 cm³/mol. The summed E-state index contributed by atoms with van der Waals surface area (Å²) in [5.41, 5.74) is 2.76. The van der Waals surface area contributed by atoms with E-state index in [1.165, 1.54) is 6.07 Å². The van der Waals surface area contributed by atoms with Crippen molar-refractivity contribution in [3.05, 3.63) is 47.8 Å².